The van der Waals surface area contributed by atoms with Gasteiger partial charge in [0.05, 0.1) is 13.3 Å². The van der Waals surface area contributed by atoms with Crippen molar-refractivity contribution in [2.45, 2.75) is 103 Å². The van der Waals surface area contributed by atoms with Crippen LogP contribution >= 0.6 is 0 Å². The monoisotopic (exact) mass is 385 g/mol. The molecule has 158 valence electrons. The average molecular weight is 386 g/mol. The van der Waals surface area contributed by atoms with Gasteiger partial charge in [-0.1, -0.05) is 90.4 Å². The standard InChI is InChI=1S/C26H43NO/c1-3-4-5-21-6-8-22(9-7-21)10-11-23-12-14-24(15-13-23)16-17-25-18-19-26(28-2)20-27-25/h18-24H,3-17H2,1-2H3. The minimum Gasteiger partial charge on any atom is -0.495 e. The zero-order chi connectivity index (χ0) is 19.6. The van der Waals surface area contributed by atoms with Crippen molar-refractivity contribution in [3.63, 3.8) is 0 Å². The zero-order valence-corrected chi connectivity index (χ0v) is 18.5. The third-order valence-corrected chi connectivity index (χ3v) is 7.72. The maximum atomic E-state index is 5.20. The van der Waals surface area contributed by atoms with Crippen LogP contribution in [0.15, 0.2) is 18.3 Å². The van der Waals surface area contributed by atoms with E-state index in [4.69, 9.17) is 4.74 Å². The largest absolute Gasteiger partial charge is 0.495 e. The molecule has 1 heterocycles. The molecule has 2 saturated carbocycles. The van der Waals surface area contributed by atoms with Crippen molar-refractivity contribution in [3.8, 4) is 5.75 Å². The lowest BCUT2D eigenvalue weighted by Crippen LogP contribution is -2.18. The fourth-order valence-corrected chi connectivity index (χ4v) is 5.61. The highest BCUT2D eigenvalue weighted by atomic mass is 16.5. The van der Waals surface area contributed by atoms with E-state index in [1.165, 1.54) is 95.6 Å². The number of aromatic nitrogens is 1. The van der Waals surface area contributed by atoms with E-state index in [1.54, 1.807) is 7.11 Å². The van der Waals surface area contributed by atoms with Crippen LogP contribution in [0.3, 0.4) is 0 Å². The van der Waals surface area contributed by atoms with E-state index in [2.05, 4.69) is 18.0 Å². The third kappa shape index (κ3) is 7.08. The van der Waals surface area contributed by atoms with E-state index in [0.717, 1.165) is 35.8 Å². The Bertz CT molecular complexity index is 524. The van der Waals surface area contributed by atoms with Gasteiger partial charge in [-0.3, -0.25) is 4.98 Å². The second kappa shape index (κ2) is 11.8. The van der Waals surface area contributed by atoms with Gasteiger partial charge in [-0.2, -0.15) is 0 Å². The van der Waals surface area contributed by atoms with Crippen molar-refractivity contribution in [1.82, 2.24) is 4.98 Å². The highest BCUT2D eigenvalue weighted by Crippen LogP contribution is 2.38. The summed E-state index contributed by atoms with van der Waals surface area (Å²) in [6, 6.07) is 4.16. The molecule has 0 bridgehead atoms. The Hall–Kier alpha value is -1.05. The predicted octanol–water partition coefficient (Wildman–Crippen LogP) is 7.61. The number of ether oxygens (including phenoxy) is 1. The van der Waals surface area contributed by atoms with Gasteiger partial charge < -0.3 is 4.74 Å². The van der Waals surface area contributed by atoms with Gasteiger partial charge in [0.2, 0.25) is 0 Å². The second-order valence-electron chi connectivity index (χ2n) is 9.72. The summed E-state index contributed by atoms with van der Waals surface area (Å²) in [5, 5.41) is 0. The number of methoxy groups -OCH3 is 1. The third-order valence-electron chi connectivity index (χ3n) is 7.72. The highest BCUT2D eigenvalue weighted by Gasteiger charge is 2.24. The molecule has 2 nitrogen and oxygen atoms in total. The average Bonchev–Trinajstić information content (AvgIpc) is 2.76. The molecule has 0 aliphatic heterocycles. The molecular formula is C26H43NO. The van der Waals surface area contributed by atoms with E-state index in [-0.39, 0.29) is 0 Å². The first-order valence-corrected chi connectivity index (χ1v) is 12.3. The lowest BCUT2D eigenvalue weighted by molar-refractivity contribution is 0.208. The number of aryl methyl sites for hydroxylation is 1. The summed E-state index contributed by atoms with van der Waals surface area (Å²) in [6.07, 6.45) is 23.6. The molecule has 2 heteroatoms. The molecule has 0 amide bonds. The van der Waals surface area contributed by atoms with Crippen LogP contribution < -0.4 is 4.74 Å². The van der Waals surface area contributed by atoms with Crippen molar-refractivity contribution in [1.29, 1.82) is 0 Å². The Kier molecular flexibility index (Phi) is 9.15. The molecule has 2 aliphatic rings. The van der Waals surface area contributed by atoms with Crippen LogP contribution in [0.4, 0.5) is 0 Å². The van der Waals surface area contributed by atoms with Crippen molar-refractivity contribution < 1.29 is 4.74 Å². The number of unbranched alkanes of at least 4 members (excludes halogenated alkanes) is 1. The maximum Gasteiger partial charge on any atom is 0.137 e. The lowest BCUT2D eigenvalue weighted by Gasteiger charge is -2.32. The molecule has 1 aromatic rings. The number of pyridine rings is 1. The Labute approximate surface area is 173 Å². The molecule has 28 heavy (non-hydrogen) atoms. The molecular weight excluding hydrogens is 342 g/mol. The summed E-state index contributed by atoms with van der Waals surface area (Å²) < 4.78 is 5.20. The van der Waals surface area contributed by atoms with Crippen LogP contribution in [0, 0.1) is 23.7 Å². The molecule has 2 aliphatic carbocycles. The fourth-order valence-electron chi connectivity index (χ4n) is 5.61. The first kappa shape index (κ1) is 21.7. The van der Waals surface area contributed by atoms with Crippen LogP contribution in [0.5, 0.6) is 5.75 Å². The van der Waals surface area contributed by atoms with E-state index in [0.29, 0.717) is 0 Å². The molecule has 0 atom stereocenters. The van der Waals surface area contributed by atoms with Gasteiger partial charge in [0.1, 0.15) is 5.75 Å². The fraction of sp³-hybridized carbons (Fsp3) is 0.808. The van der Waals surface area contributed by atoms with Crippen molar-refractivity contribution in [2.75, 3.05) is 7.11 Å². The maximum absolute atomic E-state index is 5.20. The molecule has 3 rings (SSSR count). The smallest absolute Gasteiger partial charge is 0.137 e. The molecule has 0 N–H and O–H groups in total. The number of hydrogen-bond donors (Lipinski definition) is 0. The summed E-state index contributed by atoms with van der Waals surface area (Å²) in [5.41, 5.74) is 1.22. The number of nitrogens with zero attached hydrogens (tertiary/aromatic N) is 1. The Morgan fingerprint density at radius 1 is 0.786 bits per heavy atom. The summed E-state index contributed by atoms with van der Waals surface area (Å²) in [7, 11) is 1.70. The van der Waals surface area contributed by atoms with Gasteiger partial charge in [-0.05, 0) is 48.6 Å². The topological polar surface area (TPSA) is 22.1 Å². The van der Waals surface area contributed by atoms with Crippen molar-refractivity contribution >= 4 is 0 Å². The molecule has 2 fully saturated rings. The van der Waals surface area contributed by atoms with Crippen LogP contribution in [0.2, 0.25) is 0 Å². The molecule has 0 saturated heterocycles. The Morgan fingerprint density at radius 2 is 1.32 bits per heavy atom. The highest BCUT2D eigenvalue weighted by molar-refractivity contribution is 5.19. The first-order chi connectivity index (χ1) is 13.8. The predicted molar refractivity (Wildman–Crippen MR) is 119 cm³/mol. The summed E-state index contributed by atoms with van der Waals surface area (Å²) in [4.78, 5) is 4.53. The first-order valence-electron chi connectivity index (χ1n) is 12.3. The van der Waals surface area contributed by atoms with Gasteiger partial charge in [0.25, 0.3) is 0 Å². The zero-order valence-electron chi connectivity index (χ0n) is 18.5. The minimum absolute atomic E-state index is 0.860. The minimum atomic E-state index is 0.860. The molecule has 1 aromatic heterocycles. The molecule has 0 spiro atoms. The second-order valence-corrected chi connectivity index (χ2v) is 9.72. The van der Waals surface area contributed by atoms with Crippen LogP contribution in [0.1, 0.15) is 103 Å². The van der Waals surface area contributed by atoms with Gasteiger partial charge >= 0.3 is 0 Å². The Balaban J connectivity index is 1.26. The van der Waals surface area contributed by atoms with E-state index < -0.39 is 0 Å². The van der Waals surface area contributed by atoms with Crippen LogP contribution in [0.25, 0.3) is 0 Å². The number of rotatable bonds is 10. The summed E-state index contributed by atoms with van der Waals surface area (Å²) in [5.74, 6) is 4.92. The SMILES string of the molecule is CCCCC1CCC(CCC2CCC(CCc3ccc(OC)cn3)CC2)CC1. The quantitative estimate of drug-likeness (QED) is 0.413. The van der Waals surface area contributed by atoms with Crippen molar-refractivity contribution in [2.24, 2.45) is 23.7 Å². The van der Waals surface area contributed by atoms with Gasteiger partial charge in [-0.15, -0.1) is 0 Å². The van der Waals surface area contributed by atoms with Crippen molar-refractivity contribution in [3.05, 3.63) is 24.0 Å². The summed E-state index contributed by atoms with van der Waals surface area (Å²) in [6.45, 7) is 2.33. The van der Waals surface area contributed by atoms with Crippen LogP contribution in [-0.4, -0.2) is 12.1 Å². The van der Waals surface area contributed by atoms with E-state index in [9.17, 15) is 0 Å². The van der Waals surface area contributed by atoms with Gasteiger partial charge in [0.15, 0.2) is 0 Å². The summed E-state index contributed by atoms with van der Waals surface area (Å²) >= 11 is 0. The van der Waals surface area contributed by atoms with Crippen LogP contribution in [-0.2, 0) is 6.42 Å². The lowest BCUT2D eigenvalue weighted by atomic mass is 9.74. The van der Waals surface area contributed by atoms with E-state index >= 15 is 0 Å². The molecule has 0 aromatic carbocycles. The van der Waals surface area contributed by atoms with Gasteiger partial charge in [-0.25, -0.2) is 0 Å². The van der Waals surface area contributed by atoms with Gasteiger partial charge in [0, 0.05) is 5.69 Å². The molecule has 0 unspecified atom stereocenters. The number of hydrogen-bond acceptors (Lipinski definition) is 2. The Morgan fingerprint density at radius 3 is 1.79 bits per heavy atom. The molecule has 0 radical (unpaired) electrons. The van der Waals surface area contributed by atoms with E-state index in [1.807, 2.05) is 12.3 Å². The normalized spacial score (nSPS) is 28.2.